The highest BCUT2D eigenvalue weighted by Gasteiger charge is 2.11. The minimum atomic E-state index is -0.461. The number of benzene rings is 2. The van der Waals surface area contributed by atoms with E-state index in [0.29, 0.717) is 17.0 Å². The van der Waals surface area contributed by atoms with Gasteiger partial charge in [-0.3, -0.25) is 25.2 Å². The molecule has 160 valence electrons. The van der Waals surface area contributed by atoms with Crippen molar-refractivity contribution in [1.29, 1.82) is 0 Å². The molecule has 0 fully saturated rings. The molecule has 0 aromatic heterocycles. The largest absolute Gasteiger partial charge is 0.491 e. The second-order valence-corrected chi connectivity index (χ2v) is 7.21. The minimum Gasteiger partial charge on any atom is -0.491 e. The highest BCUT2D eigenvalue weighted by Crippen LogP contribution is 2.16. The van der Waals surface area contributed by atoms with Crippen LogP contribution in [0.15, 0.2) is 42.5 Å². The molecule has 7 heteroatoms. The fraction of sp³-hybridized carbons (Fsp3) is 0.348. The molecule has 3 amide bonds. The van der Waals surface area contributed by atoms with Crippen LogP contribution in [0.2, 0.25) is 0 Å². The normalized spacial score (nSPS) is 11.3. The second-order valence-electron chi connectivity index (χ2n) is 7.21. The van der Waals surface area contributed by atoms with Crippen molar-refractivity contribution < 1.29 is 19.1 Å². The summed E-state index contributed by atoms with van der Waals surface area (Å²) in [5.41, 5.74) is 7.95. The lowest BCUT2D eigenvalue weighted by Crippen LogP contribution is -2.41. The quantitative estimate of drug-likeness (QED) is 0.578. The zero-order valence-corrected chi connectivity index (χ0v) is 17.9. The number of hydrazine groups is 1. The molecular weight excluding hydrogens is 382 g/mol. The molecule has 1 atom stereocenters. The number of amides is 3. The van der Waals surface area contributed by atoms with E-state index in [2.05, 4.69) is 16.2 Å². The van der Waals surface area contributed by atoms with Crippen LogP contribution in [0.1, 0.15) is 54.6 Å². The molecule has 2 rings (SSSR count). The molecule has 2 aromatic carbocycles. The number of hydrogen-bond donors (Lipinski definition) is 3. The van der Waals surface area contributed by atoms with Crippen LogP contribution in [0.4, 0.5) is 5.69 Å². The molecule has 0 saturated heterocycles. The van der Waals surface area contributed by atoms with Crippen LogP contribution < -0.4 is 20.9 Å². The third-order valence-corrected chi connectivity index (χ3v) is 4.69. The summed E-state index contributed by atoms with van der Waals surface area (Å²) in [7, 11) is 0. The van der Waals surface area contributed by atoms with Crippen molar-refractivity contribution in [2.75, 3.05) is 5.32 Å². The van der Waals surface area contributed by atoms with Gasteiger partial charge < -0.3 is 10.1 Å². The molecule has 30 heavy (non-hydrogen) atoms. The van der Waals surface area contributed by atoms with Crippen LogP contribution in [-0.4, -0.2) is 23.8 Å². The number of rotatable bonds is 8. The molecule has 0 aliphatic heterocycles. The van der Waals surface area contributed by atoms with Crippen molar-refractivity contribution >= 4 is 23.4 Å². The fourth-order valence-corrected chi connectivity index (χ4v) is 2.56. The van der Waals surface area contributed by atoms with E-state index in [4.69, 9.17) is 4.74 Å². The highest BCUT2D eigenvalue weighted by molar-refractivity contribution is 5.96. The molecule has 3 N–H and O–H groups in total. The Morgan fingerprint density at radius 1 is 0.933 bits per heavy atom. The molecule has 0 bridgehead atoms. The van der Waals surface area contributed by atoms with E-state index < -0.39 is 11.8 Å². The predicted molar refractivity (Wildman–Crippen MR) is 116 cm³/mol. The lowest BCUT2D eigenvalue weighted by atomic mass is 10.1. The summed E-state index contributed by atoms with van der Waals surface area (Å²) < 4.78 is 5.70. The van der Waals surface area contributed by atoms with Gasteiger partial charge in [-0.15, -0.1) is 0 Å². The molecule has 1 unspecified atom stereocenters. The smallest absolute Gasteiger partial charge is 0.269 e. The van der Waals surface area contributed by atoms with Crippen LogP contribution in [-0.2, 0) is 9.59 Å². The molecule has 0 aliphatic rings. The topological polar surface area (TPSA) is 96.5 Å². The Labute approximate surface area is 177 Å². The summed E-state index contributed by atoms with van der Waals surface area (Å²) in [6, 6.07) is 12.4. The molecule has 0 heterocycles. The maximum Gasteiger partial charge on any atom is 0.269 e. The average molecular weight is 412 g/mol. The van der Waals surface area contributed by atoms with Crippen LogP contribution in [0.5, 0.6) is 5.75 Å². The van der Waals surface area contributed by atoms with Crippen molar-refractivity contribution in [1.82, 2.24) is 10.9 Å². The van der Waals surface area contributed by atoms with E-state index in [1.54, 1.807) is 24.3 Å². The van der Waals surface area contributed by atoms with E-state index in [1.807, 2.05) is 45.9 Å². The first-order valence-electron chi connectivity index (χ1n) is 10.0. The first-order valence-corrected chi connectivity index (χ1v) is 10.0. The average Bonchev–Trinajstić information content (AvgIpc) is 2.73. The number of anilines is 1. The third kappa shape index (κ3) is 7.24. The van der Waals surface area contributed by atoms with Gasteiger partial charge in [-0.2, -0.15) is 0 Å². The van der Waals surface area contributed by atoms with Gasteiger partial charge in [-0.05, 0) is 68.7 Å². The van der Waals surface area contributed by atoms with E-state index in [0.717, 1.165) is 17.5 Å². The molecule has 0 saturated carbocycles. The van der Waals surface area contributed by atoms with E-state index in [9.17, 15) is 14.4 Å². The van der Waals surface area contributed by atoms with Gasteiger partial charge in [0.1, 0.15) is 5.75 Å². The minimum absolute atomic E-state index is 0.00680. The van der Waals surface area contributed by atoms with Gasteiger partial charge in [0.25, 0.3) is 5.91 Å². The number of carbonyl (C=O) groups is 3. The first kappa shape index (κ1) is 22.9. The molecular formula is C23H29N3O4. The number of carbonyl (C=O) groups excluding carboxylic acids is 3. The number of hydrogen-bond acceptors (Lipinski definition) is 4. The summed E-state index contributed by atoms with van der Waals surface area (Å²) in [4.78, 5) is 36.2. The van der Waals surface area contributed by atoms with Gasteiger partial charge in [0.15, 0.2) is 0 Å². The lowest BCUT2D eigenvalue weighted by Gasteiger charge is -2.13. The number of ether oxygens (including phenoxy) is 1. The van der Waals surface area contributed by atoms with Gasteiger partial charge in [0.2, 0.25) is 11.8 Å². The summed E-state index contributed by atoms with van der Waals surface area (Å²) >= 11 is 0. The van der Waals surface area contributed by atoms with Crippen molar-refractivity contribution in [2.24, 2.45) is 0 Å². The van der Waals surface area contributed by atoms with Crippen molar-refractivity contribution in [3.05, 3.63) is 59.2 Å². The Kier molecular flexibility index (Phi) is 8.41. The Hall–Kier alpha value is -3.35. The van der Waals surface area contributed by atoms with Gasteiger partial charge >= 0.3 is 0 Å². The summed E-state index contributed by atoms with van der Waals surface area (Å²) in [6.45, 7) is 7.92. The lowest BCUT2D eigenvalue weighted by molar-refractivity contribution is -0.124. The first-order chi connectivity index (χ1) is 14.3. The van der Waals surface area contributed by atoms with Crippen LogP contribution >= 0.6 is 0 Å². The molecule has 0 radical (unpaired) electrons. The number of aryl methyl sites for hydroxylation is 2. The van der Waals surface area contributed by atoms with Crippen LogP contribution in [0.3, 0.4) is 0 Å². The van der Waals surface area contributed by atoms with E-state index in [1.165, 1.54) is 0 Å². The van der Waals surface area contributed by atoms with E-state index >= 15 is 0 Å². The number of nitrogens with one attached hydrogen (secondary N) is 3. The van der Waals surface area contributed by atoms with Crippen LogP contribution in [0, 0.1) is 13.8 Å². The van der Waals surface area contributed by atoms with Gasteiger partial charge in [-0.25, -0.2) is 0 Å². The summed E-state index contributed by atoms with van der Waals surface area (Å²) in [5, 5.41) is 2.76. The molecule has 7 nitrogen and oxygen atoms in total. The molecule has 2 aromatic rings. The SMILES string of the molecule is CCC(C)Oc1cccc(C(=O)NNC(=O)CCC(=O)Nc2ccc(C)c(C)c2)c1. The van der Waals surface area contributed by atoms with Gasteiger partial charge in [-0.1, -0.05) is 19.1 Å². The summed E-state index contributed by atoms with van der Waals surface area (Å²) in [6.07, 6.45) is 0.850. The van der Waals surface area contributed by atoms with Gasteiger partial charge in [0, 0.05) is 24.1 Å². The fourth-order valence-electron chi connectivity index (χ4n) is 2.56. The monoisotopic (exact) mass is 411 g/mol. The van der Waals surface area contributed by atoms with Crippen molar-refractivity contribution in [3.63, 3.8) is 0 Å². The molecule has 0 spiro atoms. The van der Waals surface area contributed by atoms with Crippen molar-refractivity contribution in [2.45, 2.75) is 53.1 Å². The van der Waals surface area contributed by atoms with Crippen molar-refractivity contribution in [3.8, 4) is 5.75 Å². The Bertz CT molecular complexity index is 911. The maximum absolute atomic E-state index is 12.2. The van der Waals surface area contributed by atoms with Gasteiger partial charge in [0.05, 0.1) is 6.10 Å². The Balaban J connectivity index is 1.77. The second kappa shape index (κ2) is 11.0. The van der Waals surface area contributed by atoms with E-state index in [-0.39, 0.29) is 24.9 Å². The Morgan fingerprint density at radius 3 is 2.37 bits per heavy atom. The zero-order valence-electron chi connectivity index (χ0n) is 17.9. The standard InChI is InChI=1S/C23H29N3O4/c1-5-17(4)30-20-8-6-7-18(14-20)23(29)26-25-22(28)12-11-21(27)24-19-10-9-15(2)16(3)13-19/h6-10,13-14,17H,5,11-12H2,1-4H3,(H,24,27)(H,25,28)(H,26,29). The maximum atomic E-state index is 12.2. The third-order valence-electron chi connectivity index (χ3n) is 4.69. The zero-order chi connectivity index (χ0) is 22.1. The summed E-state index contributed by atoms with van der Waals surface area (Å²) in [5.74, 6) is -0.593. The van der Waals surface area contributed by atoms with Crippen LogP contribution in [0.25, 0.3) is 0 Å². The Morgan fingerprint density at radius 2 is 1.67 bits per heavy atom. The molecule has 0 aliphatic carbocycles. The highest BCUT2D eigenvalue weighted by atomic mass is 16.5. The predicted octanol–water partition coefficient (Wildman–Crippen LogP) is 3.66.